The van der Waals surface area contributed by atoms with Crippen molar-refractivity contribution >= 4 is 12.2 Å². The summed E-state index contributed by atoms with van der Waals surface area (Å²) in [5, 5.41) is 0. The first-order chi connectivity index (χ1) is 17.3. The fraction of sp³-hybridized carbons (Fsp3) is 0.548. The molecule has 196 valence electrons. The molecule has 2 aromatic carbocycles. The van der Waals surface area contributed by atoms with E-state index in [0.717, 1.165) is 23.3 Å². The van der Waals surface area contributed by atoms with Gasteiger partial charge in [0, 0.05) is 0 Å². The monoisotopic (exact) mass is 502 g/mol. The molecule has 0 unspecified atom stereocenters. The molecule has 5 heteroatoms. The van der Waals surface area contributed by atoms with E-state index in [9.17, 15) is 17.6 Å². The summed E-state index contributed by atoms with van der Waals surface area (Å²) in [6.07, 6.45) is 10.1. The van der Waals surface area contributed by atoms with E-state index in [1.165, 1.54) is 81.6 Å². The third-order valence-electron chi connectivity index (χ3n) is 8.49. The summed E-state index contributed by atoms with van der Waals surface area (Å²) >= 11 is 0. The molecule has 0 saturated heterocycles. The van der Waals surface area contributed by atoms with Gasteiger partial charge < -0.3 is 4.74 Å². The lowest BCUT2D eigenvalue weighted by Crippen LogP contribution is -2.25. The highest BCUT2D eigenvalue weighted by molar-refractivity contribution is 5.72. The Morgan fingerprint density at radius 2 is 1.42 bits per heavy atom. The van der Waals surface area contributed by atoms with Gasteiger partial charge in [-0.3, -0.25) is 0 Å². The van der Waals surface area contributed by atoms with E-state index in [-0.39, 0.29) is 17.9 Å². The van der Waals surface area contributed by atoms with Crippen LogP contribution in [0.5, 0.6) is 5.75 Å². The van der Waals surface area contributed by atoms with Gasteiger partial charge in [-0.05, 0) is 91.9 Å². The molecule has 4 rings (SSSR count). The van der Waals surface area contributed by atoms with E-state index in [4.69, 9.17) is 4.74 Å². The molecule has 1 nitrogen and oxygen atoms in total. The second-order valence-electron chi connectivity index (χ2n) is 10.6. The minimum atomic E-state index is -4.81. The predicted octanol–water partition coefficient (Wildman–Crippen LogP) is 9.90. The Balaban J connectivity index is 1.38. The molecule has 0 heterocycles. The highest BCUT2D eigenvalue weighted by Crippen LogP contribution is 2.44. The minimum absolute atomic E-state index is 0.0946. The molecular formula is C31H38F4O. The molecule has 0 radical (unpaired) electrons. The number of rotatable bonds is 7. The number of hydrogen-bond acceptors (Lipinski definition) is 1. The fourth-order valence-electron chi connectivity index (χ4n) is 6.32. The van der Waals surface area contributed by atoms with Crippen LogP contribution >= 0.6 is 0 Å². The lowest BCUT2D eigenvalue weighted by atomic mass is 9.68. The highest BCUT2D eigenvalue weighted by atomic mass is 19.4. The van der Waals surface area contributed by atoms with Gasteiger partial charge in [-0.1, -0.05) is 68.7 Å². The van der Waals surface area contributed by atoms with Crippen LogP contribution in [0, 0.1) is 23.6 Å². The fourth-order valence-corrected chi connectivity index (χ4v) is 6.32. The number of hydrogen-bond donors (Lipinski definition) is 0. The van der Waals surface area contributed by atoms with Gasteiger partial charge in [0.25, 0.3) is 0 Å². The molecule has 2 saturated carbocycles. The maximum absolute atomic E-state index is 14.5. The summed E-state index contributed by atoms with van der Waals surface area (Å²) in [6, 6.07) is 10.6. The summed E-state index contributed by atoms with van der Waals surface area (Å²) < 4.78 is 60.2. The first-order valence-electron chi connectivity index (χ1n) is 13.6. The summed E-state index contributed by atoms with van der Waals surface area (Å²) in [6.45, 7) is 4.02. The SMILES string of the molecule is CCOc1ccc(C=Cc2ccc(C3CCC(C4CCC(CC)CC4)CC3)cc2)c(C(F)(F)F)c1F. The van der Waals surface area contributed by atoms with Crippen molar-refractivity contribution in [3.8, 4) is 5.75 Å². The second-order valence-corrected chi connectivity index (χ2v) is 10.6. The normalized spacial score (nSPS) is 25.3. The maximum atomic E-state index is 14.5. The van der Waals surface area contributed by atoms with Gasteiger partial charge in [0.1, 0.15) is 5.56 Å². The first kappa shape index (κ1) is 26.8. The van der Waals surface area contributed by atoms with Crippen LogP contribution in [0.3, 0.4) is 0 Å². The molecule has 0 N–H and O–H groups in total. The molecule has 0 bridgehead atoms. The molecule has 2 aromatic rings. The van der Waals surface area contributed by atoms with Crippen LogP contribution in [0.15, 0.2) is 36.4 Å². The van der Waals surface area contributed by atoms with Gasteiger partial charge in [-0.2, -0.15) is 13.2 Å². The number of alkyl halides is 3. The standard InChI is InChI=1S/C31H38F4O/c1-3-21-5-10-23(11-6-21)25-15-17-26(18-16-25)24-12-7-22(8-13-24)9-14-27-19-20-28(36-4-2)30(32)29(27)31(33,34)35/h7-9,12-14,19-21,23,25-26H,3-6,10-11,15-18H2,1-2H3. The van der Waals surface area contributed by atoms with E-state index in [1.54, 1.807) is 13.0 Å². The summed E-state index contributed by atoms with van der Waals surface area (Å²) in [5.74, 6) is 1.54. The third-order valence-corrected chi connectivity index (χ3v) is 8.49. The topological polar surface area (TPSA) is 9.23 Å². The van der Waals surface area contributed by atoms with Crippen LogP contribution in [0.4, 0.5) is 17.6 Å². The molecule has 2 fully saturated rings. The van der Waals surface area contributed by atoms with Crippen LogP contribution in [0.1, 0.15) is 99.8 Å². The van der Waals surface area contributed by atoms with E-state index < -0.39 is 17.6 Å². The quantitative estimate of drug-likeness (QED) is 0.270. The molecule has 2 aliphatic rings. The molecule has 36 heavy (non-hydrogen) atoms. The van der Waals surface area contributed by atoms with Crippen LogP contribution in [0.2, 0.25) is 0 Å². The van der Waals surface area contributed by atoms with Crippen molar-refractivity contribution in [3.63, 3.8) is 0 Å². The van der Waals surface area contributed by atoms with Crippen molar-refractivity contribution < 1.29 is 22.3 Å². The Labute approximate surface area is 212 Å². The Kier molecular flexibility index (Phi) is 8.79. The zero-order chi connectivity index (χ0) is 25.7. The zero-order valence-electron chi connectivity index (χ0n) is 21.4. The summed E-state index contributed by atoms with van der Waals surface area (Å²) in [5.41, 5.74) is 0.603. The Hall–Kier alpha value is -2.30. The average molecular weight is 503 g/mol. The van der Waals surface area contributed by atoms with Crippen molar-refractivity contribution in [1.82, 2.24) is 0 Å². The van der Waals surface area contributed by atoms with Crippen LogP contribution in [-0.2, 0) is 6.18 Å². The number of halogens is 4. The lowest BCUT2D eigenvalue weighted by Gasteiger charge is -2.38. The highest BCUT2D eigenvalue weighted by Gasteiger charge is 2.38. The largest absolute Gasteiger partial charge is 0.491 e. The number of ether oxygens (including phenoxy) is 1. The lowest BCUT2D eigenvalue weighted by molar-refractivity contribution is -0.140. The molecule has 0 atom stereocenters. The van der Waals surface area contributed by atoms with E-state index in [2.05, 4.69) is 19.1 Å². The Morgan fingerprint density at radius 1 is 0.806 bits per heavy atom. The molecule has 0 aromatic heterocycles. The molecule has 0 amide bonds. The van der Waals surface area contributed by atoms with Gasteiger partial charge in [0.2, 0.25) is 0 Å². The van der Waals surface area contributed by atoms with E-state index >= 15 is 0 Å². The third kappa shape index (κ3) is 6.33. The molecule has 2 aliphatic carbocycles. The maximum Gasteiger partial charge on any atom is 0.419 e. The van der Waals surface area contributed by atoms with E-state index in [0.29, 0.717) is 5.92 Å². The smallest absolute Gasteiger partial charge is 0.419 e. The van der Waals surface area contributed by atoms with Crippen LogP contribution in [0.25, 0.3) is 12.2 Å². The average Bonchev–Trinajstić information content (AvgIpc) is 2.88. The molecule has 0 spiro atoms. The second kappa shape index (κ2) is 11.8. The van der Waals surface area contributed by atoms with Crippen molar-refractivity contribution in [3.05, 3.63) is 64.5 Å². The number of benzene rings is 2. The van der Waals surface area contributed by atoms with Crippen LogP contribution in [-0.4, -0.2) is 6.61 Å². The first-order valence-corrected chi connectivity index (χ1v) is 13.6. The van der Waals surface area contributed by atoms with Crippen LogP contribution < -0.4 is 4.74 Å². The van der Waals surface area contributed by atoms with E-state index in [1.807, 2.05) is 12.1 Å². The Bertz CT molecular complexity index is 1010. The summed E-state index contributed by atoms with van der Waals surface area (Å²) in [7, 11) is 0. The zero-order valence-corrected chi connectivity index (χ0v) is 21.4. The van der Waals surface area contributed by atoms with Gasteiger partial charge in [0.05, 0.1) is 6.61 Å². The van der Waals surface area contributed by atoms with Crippen molar-refractivity contribution in [2.24, 2.45) is 17.8 Å². The Morgan fingerprint density at radius 3 is 1.97 bits per heavy atom. The van der Waals surface area contributed by atoms with Crippen molar-refractivity contribution in [2.75, 3.05) is 6.61 Å². The van der Waals surface area contributed by atoms with Gasteiger partial charge in [0.15, 0.2) is 11.6 Å². The molecule has 0 aliphatic heterocycles. The minimum Gasteiger partial charge on any atom is -0.491 e. The van der Waals surface area contributed by atoms with Crippen molar-refractivity contribution in [1.29, 1.82) is 0 Å². The summed E-state index contributed by atoms with van der Waals surface area (Å²) in [4.78, 5) is 0. The van der Waals surface area contributed by atoms with Crippen molar-refractivity contribution in [2.45, 2.75) is 83.7 Å². The van der Waals surface area contributed by atoms with Gasteiger partial charge in [-0.15, -0.1) is 0 Å². The predicted molar refractivity (Wildman–Crippen MR) is 138 cm³/mol. The molecular weight excluding hydrogens is 464 g/mol. The van der Waals surface area contributed by atoms with Gasteiger partial charge >= 0.3 is 6.18 Å². The van der Waals surface area contributed by atoms with Gasteiger partial charge in [-0.25, -0.2) is 4.39 Å².